The van der Waals surface area contributed by atoms with Gasteiger partial charge in [-0.15, -0.1) is 0 Å². The lowest BCUT2D eigenvalue weighted by Gasteiger charge is -2.15. The molecule has 538 valence electrons. The monoisotopic (exact) mass is 1400 g/mol. The van der Waals surface area contributed by atoms with Gasteiger partial charge in [0.1, 0.15) is 0 Å². The second-order valence-electron chi connectivity index (χ2n) is 19.9. The predicted octanol–water partition coefficient (Wildman–Crippen LogP) is 7.57. The highest BCUT2D eigenvalue weighted by molar-refractivity contribution is 7.79. The van der Waals surface area contributed by atoms with E-state index in [0.717, 1.165) is 34.9 Å². The van der Waals surface area contributed by atoms with Crippen molar-refractivity contribution >= 4 is 74.8 Å². The van der Waals surface area contributed by atoms with Crippen molar-refractivity contribution in [2.45, 2.75) is 64.2 Å². The minimum Gasteiger partial charge on any atom is -0.504 e. The number of carboxylic acids is 3. The number of esters is 2. The van der Waals surface area contributed by atoms with Gasteiger partial charge in [0.15, 0.2) is 34.5 Å². The first-order valence-electron chi connectivity index (χ1n) is 29.1. The van der Waals surface area contributed by atoms with Crippen molar-refractivity contribution in [3.05, 3.63) is 172 Å². The van der Waals surface area contributed by atoms with Crippen LogP contribution in [-0.2, 0) is 98.4 Å². The van der Waals surface area contributed by atoms with E-state index in [9.17, 15) is 48.9 Å². The summed E-state index contributed by atoms with van der Waals surface area (Å²) in [6.07, 6.45) is 1.70. The number of aliphatic hydroxyl groups is 1. The zero-order chi connectivity index (χ0) is 74.8. The van der Waals surface area contributed by atoms with Gasteiger partial charge >= 0.3 is 40.2 Å². The maximum absolute atomic E-state index is 12.4. The average molecular weight is 1410 g/mol. The van der Waals surface area contributed by atoms with Crippen LogP contribution in [0.3, 0.4) is 0 Å². The number of methoxy groups -OCH3 is 8. The molecule has 15 N–H and O–H groups in total. The Balaban J connectivity index is 0.000000626. The first kappa shape index (κ1) is 85.5. The highest BCUT2D eigenvalue weighted by Crippen LogP contribution is 2.42. The van der Waals surface area contributed by atoms with Crippen LogP contribution in [0.4, 0.5) is 22.7 Å². The number of amides is 2. The minimum absolute atomic E-state index is 0.0328. The minimum atomic E-state index is -4.67. The molecule has 0 aromatic heterocycles. The van der Waals surface area contributed by atoms with Crippen LogP contribution in [-0.4, -0.2) is 159 Å². The molecule has 0 unspecified atom stereocenters. The van der Waals surface area contributed by atoms with E-state index in [0.29, 0.717) is 81.2 Å². The van der Waals surface area contributed by atoms with E-state index >= 15 is 0 Å². The molecule has 0 aliphatic carbocycles. The number of hydrogen-bond acceptors (Lipinski definition) is 23. The van der Waals surface area contributed by atoms with Crippen molar-refractivity contribution in [3.63, 3.8) is 0 Å². The molecule has 7 rings (SSSR count). The fourth-order valence-corrected chi connectivity index (χ4v) is 8.47. The third kappa shape index (κ3) is 34.1. The smallest absolute Gasteiger partial charge is 0.394 e. The fourth-order valence-electron chi connectivity index (χ4n) is 8.47. The molecular formula is C68H84N4O26S. The van der Waals surface area contributed by atoms with Crippen molar-refractivity contribution in [2.75, 3.05) is 86.1 Å². The number of hydrogen-bond donors (Lipinski definition) is 13. The van der Waals surface area contributed by atoms with Gasteiger partial charge in [0.05, 0.1) is 82.6 Å². The molecule has 7 aromatic rings. The van der Waals surface area contributed by atoms with Crippen molar-refractivity contribution < 1.29 is 125 Å². The Morgan fingerprint density at radius 3 is 1.08 bits per heavy atom. The predicted molar refractivity (Wildman–Crippen MR) is 365 cm³/mol. The van der Waals surface area contributed by atoms with Gasteiger partial charge in [-0.1, -0.05) is 66.7 Å². The number of aliphatic carboxylic acids is 3. The van der Waals surface area contributed by atoms with Crippen LogP contribution >= 0.6 is 0 Å². The summed E-state index contributed by atoms with van der Waals surface area (Å²) < 4.78 is 72.4. The Morgan fingerprint density at radius 2 is 0.737 bits per heavy atom. The number of nitrogens with one attached hydrogen (secondary N) is 2. The number of benzene rings is 7. The van der Waals surface area contributed by atoms with Gasteiger partial charge in [-0.2, -0.15) is 8.42 Å². The molecule has 2 amide bonds. The summed E-state index contributed by atoms with van der Waals surface area (Å²) in [6.45, 7) is 0. The third-order valence-electron chi connectivity index (χ3n) is 12.8. The number of nitrogen functional groups attached to an aromatic ring is 2. The fraction of sp³-hybridized carbons (Fsp3) is 0.279. The quantitative estimate of drug-likeness (QED) is 0.0113. The summed E-state index contributed by atoms with van der Waals surface area (Å²) in [5.74, 6) is -2.02. The number of aryl methyl sites for hydroxylation is 3. The number of rotatable bonds is 25. The lowest BCUT2D eigenvalue weighted by molar-refractivity contribution is -0.140. The van der Waals surface area contributed by atoms with Crippen LogP contribution in [0.2, 0.25) is 0 Å². The van der Waals surface area contributed by atoms with Gasteiger partial charge in [0.25, 0.3) is 0 Å². The van der Waals surface area contributed by atoms with E-state index in [-0.39, 0.29) is 75.1 Å². The molecule has 0 heterocycles. The van der Waals surface area contributed by atoms with Gasteiger partial charge in [-0.3, -0.25) is 42.7 Å². The normalized spacial score (nSPS) is 9.90. The van der Waals surface area contributed by atoms with Gasteiger partial charge < -0.3 is 95.7 Å². The molecule has 0 saturated heterocycles. The maximum Gasteiger partial charge on any atom is 0.394 e. The number of aromatic hydroxyl groups is 3. The number of ether oxygens (including phenoxy) is 8. The summed E-state index contributed by atoms with van der Waals surface area (Å²) in [7, 11) is 8.26. The van der Waals surface area contributed by atoms with E-state index in [4.69, 9.17) is 77.8 Å². The molecule has 0 spiro atoms. The van der Waals surface area contributed by atoms with Crippen LogP contribution in [0.15, 0.2) is 133 Å². The molecule has 0 fully saturated rings. The number of anilines is 4. The summed E-state index contributed by atoms with van der Waals surface area (Å²) in [5.41, 5.74) is 18.3. The SMILES string of the molecule is CO.COC(=O)Cc1cccc(N)c1.COC(=O)Cc1cccc(NC(=O)CCc2ccc(OC)c(OC)c2OC)c1.COc1ccc(CCC(=O)O)c(OC)c1OC.Nc1cccc(CC(=O)O)c1.O=C(O)Cc1cccc(NC(=O)CCc2ccc(O)c(O)c2O)c1.O=S(=O)(O)O. The van der Waals surface area contributed by atoms with E-state index in [1.807, 2.05) is 18.2 Å². The Bertz CT molecular complexity index is 3860. The molecule has 0 aliphatic heterocycles. The number of aliphatic hydroxyl groups excluding tert-OH is 1. The van der Waals surface area contributed by atoms with Gasteiger partial charge in [-0.25, -0.2) is 0 Å². The van der Waals surface area contributed by atoms with Crippen molar-refractivity contribution in [1.82, 2.24) is 0 Å². The number of phenols is 3. The molecule has 0 bridgehead atoms. The maximum atomic E-state index is 12.4. The Kier molecular flexibility index (Phi) is 39.5. The highest BCUT2D eigenvalue weighted by atomic mass is 32.3. The van der Waals surface area contributed by atoms with E-state index in [2.05, 4.69) is 20.1 Å². The zero-order valence-corrected chi connectivity index (χ0v) is 56.6. The molecule has 30 nitrogen and oxygen atoms in total. The number of carbonyl (C=O) groups is 7. The second kappa shape index (κ2) is 45.8. The van der Waals surface area contributed by atoms with Crippen molar-refractivity contribution in [3.8, 4) is 51.7 Å². The van der Waals surface area contributed by atoms with E-state index in [1.54, 1.807) is 117 Å². The van der Waals surface area contributed by atoms with Crippen molar-refractivity contribution in [1.29, 1.82) is 0 Å². The molecular weight excluding hydrogens is 1320 g/mol. The van der Waals surface area contributed by atoms with Gasteiger partial charge in [0, 0.05) is 49.1 Å². The number of carbonyl (C=O) groups excluding carboxylic acids is 4. The van der Waals surface area contributed by atoms with Crippen molar-refractivity contribution in [2.24, 2.45) is 0 Å². The summed E-state index contributed by atoms with van der Waals surface area (Å²) >= 11 is 0. The summed E-state index contributed by atoms with van der Waals surface area (Å²) in [4.78, 5) is 78.0. The van der Waals surface area contributed by atoms with Gasteiger partial charge in [-0.05, 0) is 125 Å². The summed E-state index contributed by atoms with van der Waals surface area (Å²) in [6, 6.07) is 37.5. The van der Waals surface area contributed by atoms with Crippen LogP contribution in [0, 0.1) is 0 Å². The van der Waals surface area contributed by atoms with Gasteiger partial charge in [0.2, 0.25) is 29.1 Å². The molecule has 7 aromatic carbocycles. The third-order valence-corrected chi connectivity index (χ3v) is 12.8. The molecule has 0 saturated carbocycles. The zero-order valence-electron chi connectivity index (χ0n) is 55.8. The Labute approximate surface area is 571 Å². The lowest BCUT2D eigenvalue weighted by atomic mass is 10.1. The van der Waals surface area contributed by atoms with Crippen LogP contribution < -0.4 is 50.5 Å². The van der Waals surface area contributed by atoms with Crippen LogP contribution in [0.1, 0.15) is 58.2 Å². The number of carboxylic acid groups (broad SMARTS) is 3. The van der Waals surface area contributed by atoms with E-state index < -0.39 is 45.6 Å². The first-order valence-corrected chi connectivity index (χ1v) is 30.5. The summed E-state index contributed by atoms with van der Waals surface area (Å²) in [5, 5.41) is 66.7. The second-order valence-corrected chi connectivity index (χ2v) is 20.8. The standard InChI is InChI=1S/C21H25NO6.C17H17NO6.C12H16O5.C9H11NO2.C8H9NO2.CH4O.H2O4S/c1-25-17-10-8-15(20(27-3)21(17)28-4)9-11-18(23)22-16-7-5-6-14(12-16)13-19(24)26-2;19-13-6-4-11(16(23)17(13)24)5-7-14(20)18-12-3-1-2-10(8-12)9-15(21)22;1-15-9-6-4-8(5-7-10(13)14)11(16-2)12(9)17-3;1-12-9(11)6-7-3-2-4-8(10)5-7;9-7-3-1-2-6(4-7)5-8(10)11;1-2;1-5(2,3)4/h5-8,10,12H,9,11,13H2,1-4H3,(H,22,23);1-4,6,8,19,23-24H,5,7,9H2,(H,18,20)(H,21,22);4,6H,5,7H2,1-3H3,(H,13,14);2-5H,6,10H2,1H3;1-4H,5,9H2,(H,10,11);2H,1H3;(H2,1,2,3,4). The molecule has 0 radical (unpaired) electrons. The Morgan fingerprint density at radius 1 is 0.404 bits per heavy atom. The molecule has 31 heteroatoms. The topological polar surface area (TPSA) is 486 Å². The van der Waals surface area contributed by atoms with E-state index in [1.165, 1.54) is 54.8 Å². The first-order chi connectivity index (χ1) is 46.9. The van der Waals surface area contributed by atoms with Crippen LogP contribution in [0.25, 0.3) is 0 Å². The molecule has 0 aliphatic rings. The number of nitrogens with two attached hydrogens (primary N) is 2. The number of phenolic OH excluding ortho intramolecular Hbond substituents is 3. The van der Waals surface area contributed by atoms with Crippen LogP contribution in [0.5, 0.6) is 51.7 Å². The average Bonchev–Trinajstić information content (AvgIpc) is 0.878. The lowest BCUT2D eigenvalue weighted by Crippen LogP contribution is -2.13. The highest BCUT2D eigenvalue weighted by Gasteiger charge is 2.19. The largest absolute Gasteiger partial charge is 0.504 e. The molecule has 99 heavy (non-hydrogen) atoms. The molecule has 0 atom stereocenters. The Hall–Kier alpha value is -11.5.